The first-order valence-corrected chi connectivity index (χ1v) is 8.58. The van der Waals surface area contributed by atoms with Gasteiger partial charge in [0.25, 0.3) is 5.91 Å². The summed E-state index contributed by atoms with van der Waals surface area (Å²) in [6.07, 6.45) is 3.54. The Balaban J connectivity index is 0.000000380. The first kappa shape index (κ1) is 20.2. The summed E-state index contributed by atoms with van der Waals surface area (Å²) in [5, 5.41) is 19.1. The lowest BCUT2D eigenvalue weighted by Gasteiger charge is -2.26. The number of carbonyl (C=O) groups excluding carboxylic acids is 1. The van der Waals surface area contributed by atoms with Gasteiger partial charge in [-0.05, 0) is 35.7 Å². The molecule has 27 heavy (non-hydrogen) atoms. The van der Waals surface area contributed by atoms with E-state index in [1.807, 2.05) is 41.4 Å². The van der Waals surface area contributed by atoms with Crippen molar-refractivity contribution >= 4 is 28.6 Å². The molecule has 2 aromatic carbocycles. The zero-order chi connectivity index (χ0) is 19.6. The molecule has 0 radical (unpaired) electrons. The molecule has 3 rings (SSSR count). The number of nitrogens with one attached hydrogen (secondary N) is 1. The number of amides is 1. The van der Waals surface area contributed by atoms with Crippen LogP contribution in [0, 0.1) is 0 Å². The smallest absolute Gasteiger partial charge is 0.414 e. The minimum Gasteiger partial charge on any atom is -0.484 e. The zero-order valence-electron chi connectivity index (χ0n) is 14.8. The van der Waals surface area contributed by atoms with E-state index in [9.17, 15) is 4.79 Å². The van der Waals surface area contributed by atoms with Gasteiger partial charge in [-0.3, -0.25) is 10.2 Å². The van der Waals surface area contributed by atoms with Crippen molar-refractivity contribution in [2.45, 2.75) is 19.3 Å². The second-order valence-electron chi connectivity index (χ2n) is 5.99. The van der Waals surface area contributed by atoms with E-state index in [-0.39, 0.29) is 12.5 Å². The number of fused-ring (bicyclic) bond motifs is 1. The Labute approximate surface area is 156 Å². The highest BCUT2D eigenvalue weighted by Crippen LogP contribution is 2.20. The zero-order valence-corrected chi connectivity index (χ0v) is 14.8. The maximum absolute atomic E-state index is 11.9. The summed E-state index contributed by atoms with van der Waals surface area (Å²) in [4.78, 5) is 30.1. The van der Waals surface area contributed by atoms with Crippen molar-refractivity contribution in [3.05, 3.63) is 42.5 Å². The van der Waals surface area contributed by atoms with E-state index in [0.29, 0.717) is 0 Å². The fourth-order valence-electron chi connectivity index (χ4n) is 2.62. The van der Waals surface area contributed by atoms with E-state index in [4.69, 9.17) is 24.5 Å². The van der Waals surface area contributed by atoms with Gasteiger partial charge in [0.15, 0.2) is 6.61 Å². The molecule has 144 valence electrons. The van der Waals surface area contributed by atoms with E-state index in [0.717, 1.165) is 37.1 Å². The fraction of sp³-hybridized carbons (Fsp3) is 0.316. The highest BCUT2D eigenvalue weighted by Gasteiger charge is 2.13. The Kier molecular flexibility index (Phi) is 7.57. The lowest BCUT2D eigenvalue weighted by Crippen LogP contribution is -2.46. The highest BCUT2D eigenvalue weighted by atomic mass is 16.5. The number of piperidine rings is 1. The molecule has 1 aliphatic heterocycles. The molecule has 1 heterocycles. The van der Waals surface area contributed by atoms with Gasteiger partial charge < -0.3 is 14.9 Å². The summed E-state index contributed by atoms with van der Waals surface area (Å²) in [6, 6.07) is 14.0. The predicted molar refractivity (Wildman–Crippen MR) is 98.3 cm³/mol. The molecular weight excluding hydrogens is 352 g/mol. The van der Waals surface area contributed by atoms with Crippen LogP contribution in [0.3, 0.4) is 0 Å². The SMILES string of the molecule is O=C(COc1ccc2ccccc2c1)NN1CCCCC1.O=C(O)C(=O)O. The molecule has 1 fully saturated rings. The molecule has 3 N–H and O–H groups in total. The Morgan fingerprint density at radius 2 is 1.56 bits per heavy atom. The number of benzene rings is 2. The average Bonchev–Trinajstić information content (AvgIpc) is 2.67. The van der Waals surface area contributed by atoms with Crippen LogP contribution in [0.5, 0.6) is 5.75 Å². The third-order valence-electron chi connectivity index (χ3n) is 3.91. The monoisotopic (exact) mass is 374 g/mol. The van der Waals surface area contributed by atoms with Crippen molar-refractivity contribution in [1.29, 1.82) is 0 Å². The summed E-state index contributed by atoms with van der Waals surface area (Å²) in [6.45, 7) is 1.91. The van der Waals surface area contributed by atoms with Crippen molar-refractivity contribution in [3.8, 4) is 5.75 Å². The van der Waals surface area contributed by atoms with Gasteiger partial charge in [0, 0.05) is 13.1 Å². The topological polar surface area (TPSA) is 116 Å². The number of hydrazine groups is 1. The first-order valence-electron chi connectivity index (χ1n) is 8.58. The van der Waals surface area contributed by atoms with Gasteiger partial charge >= 0.3 is 11.9 Å². The number of carbonyl (C=O) groups is 3. The summed E-state index contributed by atoms with van der Waals surface area (Å²) in [5.74, 6) is -3.02. The van der Waals surface area contributed by atoms with Crippen LogP contribution in [-0.2, 0) is 14.4 Å². The number of carboxylic acids is 2. The molecule has 0 aliphatic carbocycles. The lowest BCUT2D eigenvalue weighted by atomic mass is 10.1. The third kappa shape index (κ3) is 6.95. The van der Waals surface area contributed by atoms with E-state index < -0.39 is 11.9 Å². The van der Waals surface area contributed by atoms with Gasteiger partial charge in [-0.25, -0.2) is 14.6 Å². The van der Waals surface area contributed by atoms with Crippen molar-refractivity contribution in [2.75, 3.05) is 19.7 Å². The van der Waals surface area contributed by atoms with E-state index in [2.05, 4.69) is 11.5 Å². The average molecular weight is 374 g/mol. The molecule has 0 saturated carbocycles. The Morgan fingerprint density at radius 3 is 2.19 bits per heavy atom. The highest BCUT2D eigenvalue weighted by molar-refractivity contribution is 6.27. The molecule has 8 heteroatoms. The van der Waals surface area contributed by atoms with Crippen LogP contribution in [0.4, 0.5) is 0 Å². The van der Waals surface area contributed by atoms with Crippen LogP contribution < -0.4 is 10.2 Å². The normalized spacial score (nSPS) is 13.9. The Hall–Kier alpha value is -3.13. The molecule has 0 bridgehead atoms. The molecule has 1 amide bonds. The molecule has 1 aliphatic rings. The van der Waals surface area contributed by atoms with Gasteiger partial charge in [-0.1, -0.05) is 36.8 Å². The van der Waals surface area contributed by atoms with Gasteiger partial charge in [-0.2, -0.15) is 0 Å². The van der Waals surface area contributed by atoms with Crippen LogP contribution >= 0.6 is 0 Å². The summed E-state index contributed by atoms with van der Waals surface area (Å²) in [5.41, 5.74) is 2.90. The predicted octanol–water partition coefficient (Wildman–Crippen LogP) is 1.89. The number of ether oxygens (including phenoxy) is 1. The third-order valence-corrected chi connectivity index (χ3v) is 3.91. The van der Waals surface area contributed by atoms with Crippen LogP contribution in [0.2, 0.25) is 0 Å². The lowest BCUT2D eigenvalue weighted by molar-refractivity contribution is -0.159. The Morgan fingerprint density at radius 1 is 0.926 bits per heavy atom. The summed E-state index contributed by atoms with van der Waals surface area (Å²) >= 11 is 0. The largest absolute Gasteiger partial charge is 0.484 e. The maximum atomic E-state index is 11.9. The molecule has 0 spiro atoms. The van der Waals surface area contributed by atoms with Crippen molar-refractivity contribution in [1.82, 2.24) is 10.4 Å². The van der Waals surface area contributed by atoms with Gasteiger partial charge in [0.1, 0.15) is 5.75 Å². The minimum absolute atomic E-state index is 0.0504. The second kappa shape index (κ2) is 10.1. The fourth-order valence-corrected chi connectivity index (χ4v) is 2.62. The summed E-state index contributed by atoms with van der Waals surface area (Å²) in [7, 11) is 0. The molecule has 0 aromatic heterocycles. The quantitative estimate of drug-likeness (QED) is 0.700. The van der Waals surface area contributed by atoms with Crippen LogP contribution in [0.15, 0.2) is 42.5 Å². The van der Waals surface area contributed by atoms with Gasteiger partial charge in [0.05, 0.1) is 0 Å². The number of hydrogen-bond donors (Lipinski definition) is 3. The van der Waals surface area contributed by atoms with Crippen molar-refractivity contribution in [3.63, 3.8) is 0 Å². The molecule has 8 nitrogen and oxygen atoms in total. The van der Waals surface area contributed by atoms with E-state index in [1.54, 1.807) is 0 Å². The molecule has 0 unspecified atom stereocenters. The number of nitrogens with zero attached hydrogens (tertiary/aromatic N) is 1. The number of carboxylic acid groups (broad SMARTS) is 2. The summed E-state index contributed by atoms with van der Waals surface area (Å²) < 4.78 is 5.58. The molecular formula is C19H22N2O6. The van der Waals surface area contributed by atoms with Crippen LogP contribution in [0.25, 0.3) is 10.8 Å². The van der Waals surface area contributed by atoms with Gasteiger partial charge in [-0.15, -0.1) is 0 Å². The van der Waals surface area contributed by atoms with Crippen LogP contribution in [0.1, 0.15) is 19.3 Å². The van der Waals surface area contributed by atoms with Crippen LogP contribution in [-0.4, -0.2) is 52.8 Å². The molecule has 1 saturated heterocycles. The van der Waals surface area contributed by atoms with Crippen molar-refractivity contribution < 1.29 is 29.3 Å². The maximum Gasteiger partial charge on any atom is 0.414 e. The number of hydrogen-bond acceptors (Lipinski definition) is 5. The molecule has 2 aromatic rings. The standard InChI is InChI=1S/C17H20N2O2.C2H2O4/c20-17(18-19-10-4-1-5-11-19)13-21-16-9-8-14-6-2-3-7-15(14)12-16;3-1(4)2(5)6/h2-3,6-9,12H,1,4-5,10-11,13H2,(H,18,20);(H,3,4)(H,5,6). The second-order valence-corrected chi connectivity index (χ2v) is 5.99. The van der Waals surface area contributed by atoms with Gasteiger partial charge in [0.2, 0.25) is 0 Å². The number of rotatable bonds is 4. The number of aliphatic carboxylic acids is 2. The minimum atomic E-state index is -1.82. The first-order chi connectivity index (χ1) is 13.0. The van der Waals surface area contributed by atoms with Crippen molar-refractivity contribution in [2.24, 2.45) is 0 Å². The molecule has 0 atom stereocenters. The van der Waals surface area contributed by atoms with E-state index >= 15 is 0 Å². The Bertz CT molecular complexity index is 790. The van der Waals surface area contributed by atoms with E-state index in [1.165, 1.54) is 11.8 Å².